The third-order valence-corrected chi connectivity index (χ3v) is 5.86. The highest BCUT2D eigenvalue weighted by Gasteiger charge is 2.22. The van der Waals surface area contributed by atoms with E-state index in [1.165, 1.54) is 11.8 Å². The maximum Gasteiger partial charge on any atom is 0.338 e. The third kappa shape index (κ3) is 6.62. The first kappa shape index (κ1) is 22.4. The summed E-state index contributed by atoms with van der Waals surface area (Å²) in [5.41, 5.74) is 8.44. The average molecular weight is 435 g/mol. The number of unbranched alkanes of at least 4 members (excludes halogenated alkanes) is 1. The molecule has 1 atom stereocenters. The van der Waals surface area contributed by atoms with Gasteiger partial charge in [0.2, 0.25) is 5.91 Å². The summed E-state index contributed by atoms with van der Waals surface area (Å²) in [4.78, 5) is 26.1. The van der Waals surface area contributed by atoms with Crippen LogP contribution in [0.3, 0.4) is 0 Å². The number of rotatable bonds is 9. The molecular formula is C25H26N2O3S. The minimum atomic E-state index is -0.441. The van der Waals surface area contributed by atoms with Crippen molar-refractivity contribution in [2.75, 3.05) is 17.7 Å². The number of anilines is 2. The van der Waals surface area contributed by atoms with Gasteiger partial charge in [0.15, 0.2) is 0 Å². The number of nitrogens with two attached hydrogens (primary N) is 1. The van der Waals surface area contributed by atoms with Gasteiger partial charge in [-0.3, -0.25) is 4.79 Å². The Hall–Kier alpha value is -3.25. The van der Waals surface area contributed by atoms with Crippen LogP contribution in [0.25, 0.3) is 0 Å². The second-order valence-corrected chi connectivity index (χ2v) is 8.21. The number of thioether (sulfide) groups is 1. The highest BCUT2D eigenvalue weighted by Crippen LogP contribution is 2.36. The van der Waals surface area contributed by atoms with E-state index in [9.17, 15) is 9.59 Å². The highest BCUT2D eigenvalue weighted by molar-refractivity contribution is 8.00. The first-order valence-corrected chi connectivity index (χ1v) is 11.1. The number of esters is 1. The number of ether oxygens (including phenoxy) is 1. The largest absolute Gasteiger partial charge is 0.462 e. The standard InChI is InChI=1S/C25H26N2O3S/c1-2-3-17-30-25(29)19-9-13-21(14-10-19)27-24(28)23(18-7-5-4-6-8-18)31-22-15-11-20(26)12-16-22/h4-16,23H,2-3,17,26H2,1H3,(H,27,28). The normalized spacial score (nSPS) is 11.5. The van der Waals surface area contributed by atoms with Crippen LogP contribution >= 0.6 is 11.8 Å². The fraction of sp³-hybridized carbons (Fsp3) is 0.200. The smallest absolute Gasteiger partial charge is 0.338 e. The summed E-state index contributed by atoms with van der Waals surface area (Å²) in [5.74, 6) is -0.501. The van der Waals surface area contributed by atoms with Crippen molar-refractivity contribution < 1.29 is 14.3 Å². The number of benzene rings is 3. The summed E-state index contributed by atoms with van der Waals surface area (Å²) >= 11 is 1.46. The van der Waals surface area contributed by atoms with Crippen molar-refractivity contribution in [2.24, 2.45) is 0 Å². The summed E-state index contributed by atoms with van der Waals surface area (Å²) in [6.07, 6.45) is 1.81. The Morgan fingerprint density at radius 3 is 2.29 bits per heavy atom. The van der Waals surface area contributed by atoms with Crippen LogP contribution < -0.4 is 11.1 Å². The lowest BCUT2D eigenvalue weighted by Crippen LogP contribution is -2.19. The summed E-state index contributed by atoms with van der Waals surface area (Å²) in [5, 5.41) is 2.51. The quantitative estimate of drug-likeness (QED) is 0.195. The lowest BCUT2D eigenvalue weighted by Gasteiger charge is -2.17. The van der Waals surface area contributed by atoms with Crippen molar-refractivity contribution >= 4 is 35.0 Å². The zero-order valence-electron chi connectivity index (χ0n) is 17.4. The second-order valence-electron chi connectivity index (χ2n) is 7.03. The van der Waals surface area contributed by atoms with Crippen LogP contribution in [0.1, 0.15) is 40.9 Å². The monoisotopic (exact) mass is 434 g/mol. The summed E-state index contributed by atoms with van der Waals surface area (Å²) < 4.78 is 5.22. The van der Waals surface area contributed by atoms with E-state index >= 15 is 0 Å². The van der Waals surface area contributed by atoms with Gasteiger partial charge in [-0.2, -0.15) is 0 Å². The first-order valence-electron chi connectivity index (χ1n) is 10.2. The Balaban J connectivity index is 1.71. The van der Waals surface area contributed by atoms with Crippen LogP contribution in [-0.4, -0.2) is 18.5 Å². The van der Waals surface area contributed by atoms with E-state index in [4.69, 9.17) is 10.5 Å². The molecule has 0 aliphatic carbocycles. The van der Waals surface area contributed by atoms with Gasteiger partial charge < -0.3 is 15.8 Å². The molecule has 0 heterocycles. The third-order valence-electron chi connectivity index (χ3n) is 4.59. The van der Waals surface area contributed by atoms with Crippen LogP contribution in [-0.2, 0) is 9.53 Å². The van der Waals surface area contributed by atoms with Crippen molar-refractivity contribution in [3.8, 4) is 0 Å². The number of hydrogen-bond donors (Lipinski definition) is 2. The molecule has 31 heavy (non-hydrogen) atoms. The maximum atomic E-state index is 13.1. The Labute approximate surface area is 187 Å². The number of hydrogen-bond acceptors (Lipinski definition) is 5. The lowest BCUT2D eigenvalue weighted by molar-refractivity contribution is -0.115. The number of nitrogens with one attached hydrogen (secondary N) is 1. The molecular weight excluding hydrogens is 408 g/mol. The number of amides is 1. The molecule has 3 rings (SSSR count). The van der Waals surface area contributed by atoms with Crippen molar-refractivity contribution in [1.29, 1.82) is 0 Å². The number of nitrogen functional groups attached to an aromatic ring is 1. The second kappa shape index (κ2) is 11.2. The molecule has 0 bridgehead atoms. The lowest BCUT2D eigenvalue weighted by atomic mass is 10.1. The van der Waals surface area contributed by atoms with Gasteiger partial charge in [-0.1, -0.05) is 43.7 Å². The zero-order chi connectivity index (χ0) is 22.1. The molecule has 5 nitrogen and oxygen atoms in total. The van der Waals surface area contributed by atoms with Gasteiger partial charge in [0.05, 0.1) is 12.2 Å². The molecule has 0 aromatic heterocycles. The molecule has 3 aromatic rings. The van der Waals surface area contributed by atoms with Gasteiger partial charge in [0, 0.05) is 16.3 Å². The van der Waals surface area contributed by atoms with Crippen molar-refractivity contribution in [1.82, 2.24) is 0 Å². The molecule has 160 valence electrons. The van der Waals surface area contributed by atoms with E-state index in [1.54, 1.807) is 24.3 Å². The molecule has 0 saturated heterocycles. The molecule has 1 unspecified atom stereocenters. The first-order chi connectivity index (χ1) is 15.1. The molecule has 0 fully saturated rings. The molecule has 6 heteroatoms. The fourth-order valence-corrected chi connectivity index (χ4v) is 3.90. The topological polar surface area (TPSA) is 81.4 Å². The minimum Gasteiger partial charge on any atom is -0.462 e. The molecule has 0 aliphatic rings. The van der Waals surface area contributed by atoms with Crippen molar-refractivity contribution in [3.05, 3.63) is 90.0 Å². The van der Waals surface area contributed by atoms with Gasteiger partial charge in [-0.05, 0) is 60.5 Å². The van der Waals surface area contributed by atoms with Crippen molar-refractivity contribution in [3.63, 3.8) is 0 Å². The van der Waals surface area contributed by atoms with E-state index in [2.05, 4.69) is 5.32 Å². The van der Waals surface area contributed by atoms with E-state index in [1.807, 2.05) is 61.5 Å². The van der Waals surface area contributed by atoms with Gasteiger partial charge in [0.25, 0.3) is 0 Å². The van der Waals surface area contributed by atoms with E-state index in [0.29, 0.717) is 23.5 Å². The zero-order valence-corrected chi connectivity index (χ0v) is 18.2. The Bertz CT molecular complexity index is 990. The highest BCUT2D eigenvalue weighted by atomic mass is 32.2. The number of carbonyl (C=O) groups is 2. The van der Waals surface area contributed by atoms with Crippen LogP contribution in [0.4, 0.5) is 11.4 Å². The van der Waals surface area contributed by atoms with Gasteiger partial charge >= 0.3 is 5.97 Å². The molecule has 3 N–H and O–H groups in total. The van der Waals surface area contributed by atoms with Gasteiger partial charge in [0.1, 0.15) is 5.25 Å². The minimum absolute atomic E-state index is 0.147. The SMILES string of the molecule is CCCCOC(=O)c1ccc(NC(=O)C(Sc2ccc(N)cc2)c2ccccc2)cc1. The maximum absolute atomic E-state index is 13.1. The Kier molecular flexibility index (Phi) is 8.12. The van der Waals surface area contributed by atoms with Crippen LogP contribution in [0.15, 0.2) is 83.8 Å². The van der Waals surface area contributed by atoms with Gasteiger partial charge in [-0.15, -0.1) is 11.8 Å². The predicted molar refractivity (Wildman–Crippen MR) is 126 cm³/mol. The molecule has 0 radical (unpaired) electrons. The fourth-order valence-electron chi connectivity index (χ4n) is 2.87. The van der Waals surface area contributed by atoms with Gasteiger partial charge in [-0.25, -0.2) is 4.79 Å². The summed E-state index contributed by atoms with van der Waals surface area (Å²) in [7, 11) is 0. The Morgan fingerprint density at radius 2 is 1.65 bits per heavy atom. The molecule has 1 amide bonds. The average Bonchev–Trinajstić information content (AvgIpc) is 2.79. The Morgan fingerprint density at radius 1 is 0.968 bits per heavy atom. The van der Waals surface area contributed by atoms with Crippen molar-refractivity contribution in [2.45, 2.75) is 29.9 Å². The van der Waals surface area contributed by atoms with E-state index < -0.39 is 5.25 Å². The summed E-state index contributed by atoms with van der Waals surface area (Å²) in [6.45, 7) is 2.45. The molecule has 0 saturated carbocycles. The predicted octanol–water partition coefficient (Wildman–Crippen LogP) is 5.70. The van der Waals surface area contributed by atoms with E-state index in [-0.39, 0.29) is 11.9 Å². The molecule has 0 aliphatic heterocycles. The molecule has 0 spiro atoms. The van der Waals surface area contributed by atoms with Crippen LogP contribution in [0.5, 0.6) is 0 Å². The molecule has 3 aromatic carbocycles. The van der Waals surface area contributed by atoms with Crippen LogP contribution in [0, 0.1) is 0 Å². The number of carbonyl (C=O) groups excluding carboxylic acids is 2. The van der Waals surface area contributed by atoms with Crippen LogP contribution in [0.2, 0.25) is 0 Å². The van der Waals surface area contributed by atoms with E-state index in [0.717, 1.165) is 23.3 Å². The summed E-state index contributed by atoms with van der Waals surface area (Å²) in [6, 6.07) is 23.8.